The summed E-state index contributed by atoms with van der Waals surface area (Å²) in [5.74, 6) is 0.264. The summed E-state index contributed by atoms with van der Waals surface area (Å²) in [6, 6.07) is 15.9. The van der Waals surface area contributed by atoms with Gasteiger partial charge in [0.25, 0.3) is 0 Å². The molecule has 2 aromatic heterocycles. The van der Waals surface area contributed by atoms with Gasteiger partial charge in [0.15, 0.2) is 5.16 Å². The zero-order valence-corrected chi connectivity index (χ0v) is 17.5. The molecule has 0 saturated carbocycles. The van der Waals surface area contributed by atoms with Gasteiger partial charge in [0.1, 0.15) is 0 Å². The second-order valence-corrected chi connectivity index (χ2v) is 8.04. The fraction of sp³-hybridized carbons (Fsp3) is 0.227. The van der Waals surface area contributed by atoms with E-state index < -0.39 is 0 Å². The standard InChI is InChI=1S/C22H23N5OS/c1-14-9-10-19-20(11-14)26-22(25-19)29-13-21(28)24-15(2)18-12-23-27(16(18)3)17-7-5-4-6-8-17/h4-12,15H,13H2,1-3H3,(H,24,28)(H,25,26). The van der Waals surface area contributed by atoms with Gasteiger partial charge in [-0.1, -0.05) is 36.0 Å². The predicted octanol–water partition coefficient (Wildman–Crippen LogP) is 4.33. The molecule has 4 aromatic rings. The smallest absolute Gasteiger partial charge is 0.230 e. The van der Waals surface area contributed by atoms with Crippen LogP contribution in [0, 0.1) is 13.8 Å². The third kappa shape index (κ3) is 4.19. The number of rotatable bonds is 6. The fourth-order valence-corrected chi connectivity index (χ4v) is 4.04. The highest BCUT2D eigenvalue weighted by atomic mass is 32.2. The van der Waals surface area contributed by atoms with E-state index in [1.165, 1.54) is 17.3 Å². The molecule has 1 amide bonds. The monoisotopic (exact) mass is 405 g/mol. The van der Waals surface area contributed by atoms with Gasteiger partial charge in [0, 0.05) is 11.3 Å². The van der Waals surface area contributed by atoms with Crippen molar-refractivity contribution in [3.05, 3.63) is 71.5 Å². The Bertz CT molecular complexity index is 1150. The molecule has 29 heavy (non-hydrogen) atoms. The molecule has 0 fully saturated rings. The van der Waals surface area contributed by atoms with Gasteiger partial charge in [-0.05, 0) is 50.6 Å². The SMILES string of the molecule is Cc1ccc2nc(SCC(=O)NC(C)c3cnn(-c4ccccc4)c3C)[nH]c2c1. The molecular formula is C22H23N5OS. The summed E-state index contributed by atoms with van der Waals surface area (Å²) < 4.78 is 1.89. The van der Waals surface area contributed by atoms with Crippen LogP contribution in [0.1, 0.15) is 29.8 Å². The summed E-state index contributed by atoms with van der Waals surface area (Å²) in [5, 5.41) is 8.30. The van der Waals surface area contributed by atoms with E-state index in [9.17, 15) is 4.79 Å². The molecule has 0 aliphatic carbocycles. The van der Waals surface area contributed by atoms with Crippen LogP contribution in [-0.2, 0) is 4.79 Å². The summed E-state index contributed by atoms with van der Waals surface area (Å²) >= 11 is 1.40. The van der Waals surface area contributed by atoms with Gasteiger partial charge < -0.3 is 10.3 Å². The van der Waals surface area contributed by atoms with Crippen LogP contribution in [0.25, 0.3) is 16.7 Å². The lowest BCUT2D eigenvalue weighted by Crippen LogP contribution is -2.28. The maximum atomic E-state index is 12.5. The number of para-hydroxylation sites is 1. The molecular weight excluding hydrogens is 382 g/mol. The minimum atomic E-state index is -0.126. The summed E-state index contributed by atoms with van der Waals surface area (Å²) in [5.41, 5.74) is 6.11. The minimum absolute atomic E-state index is 0.0361. The number of hydrogen-bond donors (Lipinski definition) is 2. The van der Waals surface area contributed by atoms with Crippen molar-refractivity contribution in [2.75, 3.05) is 5.75 Å². The van der Waals surface area contributed by atoms with Gasteiger partial charge in [0.05, 0.1) is 34.7 Å². The molecule has 0 radical (unpaired) electrons. The maximum Gasteiger partial charge on any atom is 0.230 e. The van der Waals surface area contributed by atoms with Crippen molar-refractivity contribution in [1.29, 1.82) is 0 Å². The molecule has 7 heteroatoms. The first kappa shape index (κ1) is 19.3. The van der Waals surface area contributed by atoms with E-state index in [1.54, 1.807) is 0 Å². The molecule has 2 aromatic carbocycles. The normalized spacial score (nSPS) is 12.2. The summed E-state index contributed by atoms with van der Waals surface area (Å²) in [4.78, 5) is 20.3. The Morgan fingerprint density at radius 1 is 1.21 bits per heavy atom. The van der Waals surface area contributed by atoms with Crippen LogP contribution in [0.5, 0.6) is 0 Å². The van der Waals surface area contributed by atoms with E-state index in [0.29, 0.717) is 5.75 Å². The number of thioether (sulfide) groups is 1. The van der Waals surface area contributed by atoms with E-state index in [-0.39, 0.29) is 11.9 Å². The largest absolute Gasteiger partial charge is 0.349 e. The number of H-pyrrole nitrogens is 1. The van der Waals surface area contributed by atoms with Gasteiger partial charge in [-0.15, -0.1) is 0 Å². The van der Waals surface area contributed by atoms with E-state index >= 15 is 0 Å². The van der Waals surface area contributed by atoms with Gasteiger partial charge in [-0.3, -0.25) is 4.79 Å². The van der Waals surface area contributed by atoms with Crippen LogP contribution in [0.2, 0.25) is 0 Å². The van der Waals surface area contributed by atoms with Crippen molar-refractivity contribution in [3.8, 4) is 5.69 Å². The number of aromatic nitrogens is 4. The average Bonchev–Trinajstić information content (AvgIpc) is 3.29. The van der Waals surface area contributed by atoms with E-state index in [1.807, 2.05) is 74.1 Å². The minimum Gasteiger partial charge on any atom is -0.349 e. The molecule has 0 bridgehead atoms. The van der Waals surface area contributed by atoms with Crippen LogP contribution < -0.4 is 5.32 Å². The van der Waals surface area contributed by atoms with Crippen molar-refractivity contribution >= 4 is 28.7 Å². The summed E-state index contributed by atoms with van der Waals surface area (Å²) in [6.45, 7) is 6.04. The molecule has 0 aliphatic rings. The number of aromatic amines is 1. The van der Waals surface area contributed by atoms with Crippen LogP contribution in [-0.4, -0.2) is 31.4 Å². The van der Waals surface area contributed by atoms with Crippen molar-refractivity contribution in [2.24, 2.45) is 0 Å². The topological polar surface area (TPSA) is 75.6 Å². The molecule has 6 nitrogen and oxygen atoms in total. The number of amides is 1. The van der Waals surface area contributed by atoms with E-state index in [0.717, 1.165) is 33.1 Å². The first-order chi connectivity index (χ1) is 14.0. The molecule has 148 valence electrons. The highest BCUT2D eigenvalue weighted by molar-refractivity contribution is 7.99. The van der Waals surface area contributed by atoms with Crippen molar-refractivity contribution in [1.82, 2.24) is 25.1 Å². The van der Waals surface area contributed by atoms with Gasteiger partial charge >= 0.3 is 0 Å². The van der Waals surface area contributed by atoms with E-state index in [2.05, 4.69) is 26.4 Å². The number of carbonyl (C=O) groups excluding carboxylic acids is 1. The number of aryl methyl sites for hydroxylation is 1. The highest BCUT2D eigenvalue weighted by Crippen LogP contribution is 2.22. The number of imidazole rings is 1. The maximum absolute atomic E-state index is 12.5. The molecule has 1 unspecified atom stereocenters. The summed E-state index contributed by atoms with van der Waals surface area (Å²) in [7, 11) is 0. The van der Waals surface area contributed by atoms with Gasteiger partial charge in [0.2, 0.25) is 5.91 Å². The van der Waals surface area contributed by atoms with Gasteiger partial charge in [-0.25, -0.2) is 9.67 Å². The fourth-order valence-electron chi connectivity index (χ4n) is 3.34. The number of carbonyl (C=O) groups is 1. The van der Waals surface area contributed by atoms with Crippen molar-refractivity contribution < 1.29 is 4.79 Å². The molecule has 2 N–H and O–H groups in total. The number of nitrogens with zero attached hydrogens (tertiary/aromatic N) is 3. The molecule has 4 rings (SSSR count). The Balaban J connectivity index is 1.38. The quantitative estimate of drug-likeness (QED) is 0.468. The molecule has 0 saturated heterocycles. The Hall–Kier alpha value is -3.06. The first-order valence-electron chi connectivity index (χ1n) is 9.50. The van der Waals surface area contributed by atoms with Crippen LogP contribution in [0.3, 0.4) is 0 Å². The highest BCUT2D eigenvalue weighted by Gasteiger charge is 2.17. The Kier molecular flexibility index (Phi) is 5.40. The molecule has 2 heterocycles. The number of nitrogens with one attached hydrogen (secondary N) is 2. The van der Waals surface area contributed by atoms with E-state index in [4.69, 9.17) is 0 Å². The van der Waals surface area contributed by atoms with Crippen LogP contribution >= 0.6 is 11.8 Å². The average molecular weight is 406 g/mol. The zero-order chi connectivity index (χ0) is 20.4. The number of hydrogen-bond acceptors (Lipinski definition) is 4. The lowest BCUT2D eigenvalue weighted by Gasteiger charge is -2.14. The number of benzene rings is 2. The summed E-state index contributed by atoms with van der Waals surface area (Å²) in [6.07, 6.45) is 1.82. The lowest BCUT2D eigenvalue weighted by atomic mass is 10.1. The molecule has 0 spiro atoms. The van der Waals surface area contributed by atoms with Crippen molar-refractivity contribution in [3.63, 3.8) is 0 Å². The third-order valence-electron chi connectivity index (χ3n) is 4.85. The third-order valence-corrected chi connectivity index (χ3v) is 5.72. The van der Waals surface area contributed by atoms with Gasteiger partial charge in [-0.2, -0.15) is 5.10 Å². The number of fused-ring (bicyclic) bond motifs is 1. The van der Waals surface area contributed by atoms with Crippen molar-refractivity contribution in [2.45, 2.75) is 32.0 Å². The second-order valence-electron chi connectivity index (χ2n) is 7.07. The Morgan fingerprint density at radius 2 is 2.00 bits per heavy atom. The molecule has 1 atom stereocenters. The first-order valence-corrected chi connectivity index (χ1v) is 10.5. The lowest BCUT2D eigenvalue weighted by molar-refractivity contribution is -0.119. The van der Waals surface area contributed by atoms with Crippen LogP contribution in [0.4, 0.5) is 0 Å². The Labute approximate surface area is 173 Å². The second kappa shape index (κ2) is 8.13. The zero-order valence-electron chi connectivity index (χ0n) is 16.6. The predicted molar refractivity (Wildman–Crippen MR) is 116 cm³/mol. The molecule has 0 aliphatic heterocycles. The van der Waals surface area contributed by atoms with Crippen LogP contribution in [0.15, 0.2) is 59.9 Å². The Morgan fingerprint density at radius 3 is 2.79 bits per heavy atom.